The fourth-order valence-electron chi connectivity index (χ4n) is 7.25. The first-order valence-corrected chi connectivity index (χ1v) is 17.7. The molecule has 12 nitrogen and oxygen atoms in total. The summed E-state index contributed by atoms with van der Waals surface area (Å²) in [4.78, 5) is 4.51. The predicted molar refractivity (Wildman–Crippen MR) is 199 cm³/mol. The first-order valence-electron chi connectivity index (χ1n) is 17.7. The summed E-state index contributed by atoms with van der Waals surface area (Å²) in [6.07, 6.45) is 1.14. The molecule has 0 unspecified atom stereocenters. The lowest BCUT2D eigenvalue weighted by molar-refractivity contribution is 0.174. The van der Waals surface area contributed by atoms with Gasteiger partial charge in [-0.05, 0) is 96.5 Å². The topological polar surface area (TPSA) is 149 Å². The first-order chi connectivity index (χ1) is 25.3. The number of rotatable bonds is 11. The fraction of sp³-hybridized carbons (Fsp3) is 0.300. The van der Waals surface area contributed by atoms with Crippen LogP contribution in [0.5, 0.6) is 0 Å². The number of nitrogens with zero attached hydrogens (tertiary/aromatic N) is 6. The minimum atomic E-state index is -0.244. The minimum Gasteiger partial charge on any atom is -0.403 e. The maximum absolute atomic E-state index is 9.88. The van der Waals surface area contributed by atoms with Crippen molar-refractivity contribution in [1.82, 2.24) is 30.2 Å². The summed E-state index contributed by atoms with van der Waals surface area (Å²) >= 11 is 0. The molecule has 0 amide bonds. The summed E-state index contributed by atoms with van der Waals surface area (Å²) in [5.74, 6) is 0.847. The smallest absolute Gasteiger partial charge is 0.320 e. The van der Waals surface area contributed by atoms with Crippen LogP contribution >= 0.6 is 0 Å². The molecule has 4 N–H and O–H groups in total. The van der Waals surface area contributed by atoms with Gasteiger partial charge in [-0.2, -0.15) is 0 Å². The van der Waals surface area contributed by atoms with E-state index in [4.69, 9.17) is 8.83 Å². The van der Waals surface area contributed by atoms with Gasteiger partial charge in [-0.15, -0.1) is 10.2 Å². The van der Waals surface area contributed by atoms with Crippen LogP contribution < -0.4 is 10.6 Å². The Balaban J connectivity index is 0.973. The van der Waals surface area contributed by atoms with Crippen LogP contribution in [0.4, 0.5) is 23.4 Å². The van der Waals surface area contributed by atoms with E-state index in [1.165, 1.54) is 0 Å². The van der Waals surface area contributed by atoms with Crippen LogP contribution in [0.25, 0.3) is 34.0 Å². The SMILES string of the molecule is Cc1c(-c2nnc(Nc3cccc(CN4CC[C@@H](O)C4)c3)o2)cccc1-c1cccc(-c2nnc(Nc3cccc(CN4CC[C@@H](O)C4)c3)o2)c1C. The summed E-state index contributed by atoms with van der Waals surface area (Å²) < 4.78 is 12.2. The lowest BCUT2D eigenvalue weighted by Gasteiger charge is -2.15. The highest BCUT2D eigenvalue weighted by Crippen LogP contribution is 2.37. The van der Waals surface area contributed by atoms with Crippen LogP contribution in [0.1, 0.15) is 35.1 Å². The molecule has 266 valence electrons. The van der Waals surface area contributed by atoms with Gasteiger partial charge >= 0.3 is 12.0 Å². The van der Waals surface area contributed by atoms with Crippen molar-refractivity contribution in [1.29, 1.82) is 0 Å². The number of β-amino-alcohol motifs (C(OH)–C–C–N with tert-alkyl or cyclic N) is 2. The largest absolute Gasteiger partial charge is 0.403 e. The van der Waals surface area contributed by atoms with Gasteiger partial charge in [0.15, 0.2) is 0 Å². The minimum absolute atomic E-state index is 0.244. The molecule has 0 bridgehead atoms. The molecule has 6 aromatic rings. The third-order valence-electron chi connectivity index (χ3n) is 9.93. The van der Waals surface area contributed by atoms with Crippen LogP contribution in [0.2, 0.25) is 0 Å². The number of nitrogens with one attached hydrogen (secondary N) is 2. The van der Waals surface area contributed by atoms with Gasteiger partial charge < -0.3 is 29.7 Å². The van der Waals surface area contributed by atoms with Crippen molar-refractivity contribution in [2.24, 2.45) is 0 Å². The van der Waals surface area contributed by atoms with E-state index in [-0.39, 0.29) is 12.2 Å². The lowest BCUT2D eigenvalue weighted by atomic mass is 9.91. The van der Waals surface area contributed by atoms with E-state index in [1.807, 2.05) is 48.5 Å². The Morgan fingerprint density at radius 1 is 0.596 bits per heavy atom. The summed E-state index contributed by atoms with van der Waals surface area (Å²) in [6, 6.07) is 29.0. The zero-order valence-electron chi connectivity index (χ0n) is 29.3. The van der Waals surface area contributed by atoms with Gasteiger partial charge in [-0.25, -0.2) is 0 Å². The molecule has 52 heavy (non-hydrogen) atoms. The van der Waals surface area contributed by atoms with Crippen LogP contribution in [0.15, 0.2) is 93.8 Å². The zero-order chi connectivity index (χ0) is 35.6. The van der Waals surface area contributed by atoms with Crippen LogP contribution in [0.3, 0.4) is 0 Å². The summed E-state index contributed by atoms with van der Waals surface area (Å²) in [6.45, 7) is 8.86. The molecule has 8 rings (SSSR count). The number of aromatic nitrogens is 4. The van der Waals surface area contributed by atoms with E-state index in [0.29, 0.717) is 36.9 Å². The van der Waals surface area contributed by atoms with E-state index < -0.39 is 0 Å². The molecule has 12 heteroatoms. The molecular formula is C40H42N8O4. The second kappa shape index (κ2) is 14.7. The molecule has 2 aliphatic heterocycles. The van der Waals surface area contributed by atoms with Crippen LogP contribution in [-0.2, 0) is 13.1 Å². The highest BCUT2D eigenvalue weighted by Gasteiger charge is 2.22. The summed E-state index contributed by atoms with van der Waals surface area (Å²) in [5.41, 5.74) is 9.77. The van der Waals surface area contributed by atoms with Gasteiger partial charge in [0.2, 0.25) is 11.8 Å². The molecule has 0 aliphatic carbocycles. The molecule has 2 fully saturated rings. The Bertz CT molecular complexity index is 2030. The fourth-order valence-corrected chi connectivity index (χ4v) is 7.25. The molecule has 0 spiro atoms. The zero-order valence-corrected chi connectivity index (χ0v) is 29.3. The molecule has 2 aliphatic rings. The Morgan fingerprint density at radius 2 is 1.02 bits per heavy atom. The van der Waals surface area contributed by atoms with Crippen molar-refractivity contribution < 1.29 is 19.0 Å². The van der Waals surface area contributed by atoms with Gasteiger partial charge in [0, 0.05) is 61.8 Å². The van der Waals surface area contributed by atoms with Gasteiger partial charge in [0.05, 0.1) is 12.2 Å². The second-order valence-electron chi connectivity index (χ2n) is 13.8. The molecule has 2 atom stereocenters. The number of aliphatic hydroxyl groups is 2. The number of hydrogen-bond donors (Lipinski definition) is 4. The van der Waals surface area contributed by atoms with Gasteiger partial charge in [-0.1, -0.05) is 58.7 Å². The summed E-state index contributed by atoms with van der Waals surface area (Å²) in [7, 11) is 0. The first kappa shape index (κ1) is 33.7. The van der Waals surface area contributed by atoms with Gasteiger partial charge in [0.1, 0.15) is 0 Å². The predicted octanol–water partition coefficient (Wildman–Crippen LogP) is 6.69. The van der Waals surface area contributed by atoms with Crippen molar-refractivity contribution >= 4 is 23.4 Å². The van der Waals surface area contributed by atoms with Crippen molar-refractivity contribution in [2.75, 3.05) is 36.8 Å². The Morgan fingerprint density at radius 3 is 1.44 bits per heavy atom. The molecule has 4 heterocycles. The number of benzene rings is 4. The third-order valence-corrected chi connectivity index (χ3v) is 9.93. The van der Waals surface area contributed by atoms with Gasteiger partial charge in [-0.3, -0.25) is 9.80 Å². The number of anilines is 4. The maximum atomic E-state index is 9.88. The molecule has 2 saturated heterocycles. The maximum Gasteiger partial charge on any atom is 0.320 e. The quantitative estimate of drug-likeness (QED) is 0.114. The third kappa shape index (κ3) is 7.46. The highest BCUT2D eigenvalue weighted by atomic mass is 16.4. The normalized spacial score (nSPS) is 17.9. The van der Waals surface area contributed by atoms with Crippen molar-refractivity contribution in [3.63, 3.8) is 0 Å². The molecular weight excluding hydrogens is 656 g/mol. The van der Waals surface area contributed by atoms with E-state index in [1.54, 1.807) is 0 Å². The average molecular weight is 699 g/mol. The van der Waals surface area contributed by atoms with Crippen molar-refractivity contribution in [2.45, 2.75) is 52.0 Å². The molecule has 4 aromatic carbocycles. The monoisotopic (exact) mass is 698 g/mol. The molecule has 0 radical (unpaired) electrons. The number of hydrogen-bond acceptors (Lipinski definition) is 12. The van der Waals surface area contributed by atoms with E-state index in [9.17, 15) is 10.2 Å². The standard InChI is InChI=1S/C40H42N8O4/c1-25-33(11-5-13-35(25)37-43-45-39(51-37)41-29-9-3-7-27(19-29)21-47-17-15-31(49)23-47)34-12-6-14-36(26(34)2)38-44-46-40(52-38)42-30-10-4-8-28(20-30)22-48-18-16-32(50)24-48/h3-14,19-20,31-32,49-50H,15-18,21-24H2,1-2H3,(H,41,45)(H,42,46)/t31-,32-/m1/s1. The highest BCUT2D eigenvalue weighted by molar-refractivity contribution is 5.81. The van der Waals surface area contributed by atoms with E-state index >= 15 is 0 Å². The Kier molecular flexibility index (Phi) is 9.52. The lowest BCUT2D eigenvalue weighted by Crippen LogP contribution is -2.21. The average Bonchev–Trinajstić information content (AvgIpc) is 3.96. The van der Waals surface area contributed by atoms with Crippen LogP contribution in [0, 0.1) is 13.8 Å². The van der Waals surface area contributed by atoms with E-state index in [2.05, 4.69) is 91.1 Å². The molecule has 0 saturated carbocycles. The van der Waals surface area contributed by atoms with Gasteiger partial charge in [0.25, 0.3) is 0 Å². The van der Waals surface area contributed by atoms with Crippen molar-refractivity contribution in [3.05, 3.63) is 107 Å². The Hall–Kier alpha value is -5.40. The number of aliphatic hydroxyl groups excluding tert-OH is 2. The molecule has 2 aromatic heterocycles. The van der Waals surface area contributed by atoms with E-state index in [0.717, 1.165) is 94.9 Å². The van der Waals surface area contributed by atoms with Crippen LogP contribution in [-0.4, -0.2) is 78.8 Å². The Labute approximate surface area is 302 Å². The van der Waals surface area contributed by atoms with Crippen molar-refractivity contribution in [3.8, 4) is 34.0 Å². The summed E-state index contributed by atoms with van der Waals surface area (Å²) in [5, 5.41) is 43.6. The number of likely N-dealkylation sites (tertiary alicyclic amines) is 2. The second-order valence-corrected chi connectivity index (χ2v) is 13.8.